The van der Waals surface area contributed by atoms with Gasteiger partial charge in [-0.3, -0.25) is 4.90 Å². The molecule has 2 N–H and O–H groups in total. The molecule has 0 aromatic carbocycles. The van der Waals surface area contributed by atoms with Gasteiger partial charge in [0.05, 0.1) is 6.10 Å². The SMILES string of the molecule is CC(C)C1CC(N(C)C2CCCCC2CN)CCO1. The normalized spacial score (nSPS) is 36.9. The zero-order chi connectivity index (χ0) is 13.8. The standard InChI is InChI=1S/C16H32N2O/c1-12(2)16-10-14(8-9-19-16)18(3)15-7-5-4-6-13(15)11-17/h12-16H,4-11,17H2,1-3H3. The van der Waals surface area contributed by atoms with Gasteiger partial charge < -0.3 is 10.5 Å². The van der Waals surface area contributed by atoms with E-state index in [9.17, 15) is 0 Å². The molecular weight excluding hydrogens is 236 g/mol. The minimum atomic E-state index is 0.445. The van der Waals surface area contributed by atoms with Crippen molar-refractivity contribution in [3.05, 3.63) is 0 Å². The average molecular weight is 268 g/mol. The molecule has 1 saturated carbocycles. The van der Waals surface area contributed by atoms with Crippen LogP contribution in [0.15, 0.2) is 0 Å². The predicted octanol–water partition coefficient (Wildman–Crippen LogP) is 2.64. The zero-order valence-corrected chi connectivity index (χ0v) is 13.0. The molecule has 0 aromatic rings. The lowest BCUT2D eigenvalue weighted by atomic mass is 9.82. The van der Waals surface area contributed by atoms with Crippen LogP contribution < -0.4 is 5.73 Å². The summed E-state index contributed by atoms with van der Waals surface area (Å²) >= 11 is 0. The minimum absolute atomic E-state index is 0.445. The second kappa shape index (κ2) is 7.05. The first-order valence-corrected chi connectivity index (χ1v) is 8.17. The van der Waals surface area contributed by atoms with Crippen molar-refractivity contribution in [1.29, 1.82) is 0 Å². The Balaban J connectivity index is 1.95. The maximum absolute atomic E-state index is 5.99. The maximum atomic E-state index is 5.99. The van der Waals surface area contributed by atoms with Crippen LogP contribution in [-0.4, -0.2) is 43.3 Å². The number of rotatable bonds is 4. The molecule has 19 heavy (non-hydrogen) atoms. The minimum Gasteiger partial charge on any atom is -0.378 e. The Morgan fingerprint density at radius 1 is 1.21 bits per heavy atom. The van der Waals surface area contributed by atoms with Gasteiger partial charge in [-0.2, -0.15) is 0 Å². The fourth-order valence-corrected chi connectivity index (χ4v) is 3.91. The van der Waals surface area contributed by atoms with Crippen molar-refractivity contribution in [2.24, 2.45) is 17.6 Å². The first-order chi connectivity index (χ1) is 9.13. The van der Waals surface area contributed by atoms with Gasteiger partial charge in [-0.1, -0.05) is 26.7 Å². The molecule has 1 heterocycles. The van der Waals surface area contributed by atoms with Gasteiger partial charge in [0.2, 0.25) is 0 Å². The Hall–Kier alpha value is -0.120. The Labute approximate surface area is 118 Å². The summed E-state index contributed by atoms with van der Waals surface area (Å²) in [6.07, 6.45) is 8.23. The largest absolute Gasteiger partial charge is 0.378 e. The number of nitrogens with two attached hydrogens (primary N) is 1. The third-order valence-corrected chi connectivity index (χ3v) is 5.30. The van der Waals surface area contributed by atoms with Gasteiger partial charge in [-0.25, -0.2) is 0 Å². The summed E-state index contributed by atoms with van der Waals surface area (Å²) in [5.74, 6) is 1.34. The van der Waals surface area contributed by atoms with Crippen LogP contribution in [0.1, 0.15) is 52.4 Å². The summed E-state index contributed by atoms with van der Waals surface area (Å²) in [5.41, 5.74) is 5.99. The molecule has 0 bridgehead atoms. The van der Waals surface area contributed by atoms with Crippen molar-refractivity contribution < 1.29 is 4.74 Å². The molecule has 0 radical (unpaired) electrons. The third-order valence-electron chi connectivity index (χ3n) is 5.30. The first kappa shape index (κ1) is 15.3. The van der Waals surface area contributed by atoms with Crippen LogP contribution in [0.2, 0.25) is 0 Å². The van der Waals surface area contributed by atoms with Gasteiger partial charge in [0.25, 0.3) is 0 Å². The Morgan fingerprint density at radius 2 is 1.95 bits per heavy atom. The zero-order valence-electron chi connectivity index (χ0n) is 13.0. The molecule has 0 spiro atoms. The lowest BCUT2D eigenvalue weighted by Gasteiger charge is -2.44. The summed E-state index contributed by atoms with van der Waals surface area (Å²) in [5, 5.41) is 0. The van der Waals surface area contributed by atoms with Gasteiger partial charge in [-0.05, 0) is 51.1 Å². The van der Waals surface area contributed by atoms with E-state index in [1.54, 1.807) is 0 Å². The van der Waals surface area contributed by atoms with Crippen LogP contribution in [-0.2, 0) is 4.74 Å². The van der Waals surface area contributed by atoms with E-state index in [1.165, 1.54) is 38.5 Å². The fraction of sp³-hybridized carbons (Fsp3) is 1.00. The van der Waals surface area contributed by atoms with E-state index in [1.807, 2.05) is 0 Å². The highest BCUT2D eigenvalue weighted by atomic mass is 16.5. The molecule has 0 aromatic heterocycles. The Kier molecular flexibility index (Phi) is 5.67. The van der Waals surface area contributed by atoms with Gasteiger partial charge in [0.1, 0.15) is 0 Å². The lowest BCUT2D eigenvalue weighted by molar-refractivity contribution is -0.0578. The molecule has 1 aliphatic carbocycles. The summed E-state index contributed by atoms with van der Waals surface area (Å²) in [4.78, 5) is 2.65. The fourth-order valence-electron chi connectivity index (χ4n) is 3.91. The molecule has 4 atom stereocenters. The van der Waals surface area contributed by atoms with E-state index in [0.717, 1.165) is 13.2 Å². The second-order valence-corrected chi connectivity index (χ2v) is 6.84. The molecular formula is C16H32N2O. The topological polar surface area (TPSA) is 38.5 Å². The van der Waals surface area contributed by atoms with Crippen LogP contribution in [0, 0.1) is 11.8 Å². The van der Waals surface area contributed by atoms with Crippen molar-refractivity contribution in [1.82, 2.24) is 4.90 Å². The smallest absolute Gasteiger partial charge is 0.0612 e. The van der Waals surface area contributed by atoms with Crippen molar-refractivity contribution in [3.8, 4) is 0 Å². The number of hydrogen-bond acceptors (Lipinski definition) is 3. The van der Waals surface area contributed by atoms with E-state index < -0.39 is 0 Å². The Morgan fingerprint density at radius 3 is 2.63 bits per heavy atom. The van der Waals surface area contributed by atoms with Gasteiger partial charge in [-0.15, -0.1) is 0 Å². The Bertz CT molecular complexity index is 269. The summed E-state index contributed by atoms with van der Waals surface area (Å²) in [6.45, 7) is 6.33. The van der Waals surface area contributed by atoms with Crippen LogP contribution >= 0.6 is 0 Å². The molecule has 112 valence electrons. The molecule has 1 saturated heterocycles. The number of ether oxygens (including phenoxy) is 1. The molecule has 1 aliphatic heterocycles. The molecule has 3 heteroatoms. The summed E-state index contributed by atoms with van der Waals surface area (Å²) < 4.78 is 5.91. The van der Waals surface area contributed by atoms with E-state index in [-0.39, 0.29) is 0 Å². The number of hydrogen-bond donors (Lipinski definition) is 1. The quantitative estimate of drug-likeness (QED) is 0.852. The third kappa shape index (κ3) is 3.71. The van der Waals surface area contributed by atoms with Crippen LogP contribution in [0.4, 0.5) is 0 Å². The summed E-state index contributed by atoms with van der Waals surface area (Å²) in [6, 6.07) is 1.40. The second-order valence-electron chi connectivity index (χ2n) is 6.84. The monoisotopic (exact) mass is 268 g/mol. The van der Waals surface area contributed by atoms with Crippen molar-refractivity contribution in [3.63, 3.8) is 0 Å². The maximum Gasteiger partial charge on any atom is 0.0612 e. The van der Waals surface area contributed by atoms with Crippen molar-refractivity contribution in [2.75, 3.05) is 20.2 Å². The van der Waals surface area contributed by atoms with E-state index >= 15 is 0 Å². The highest BCUT2D eigenvalue weighted by Gasteiger charge is 2.34. The molecule has 0 amide bonds. The molecule has 2 rings (SSSR count). The average Bonchev–Trinajstić information content (AvgIpc) is 2.46. The van der Waals surface area contributed by atoms with E-state index in [4.69, 9.17) is 10.5 Å². The predicted molar refractivity (Wildman–Crippen MR) is 80.2 cm³/mol. The van der Waals surface area contributed by atoms with E-state index in [2.05, 4.69) is 25.8 Å². The highest BCUT2D eigenvalue weighted by Crippen LogP contribution is 2.32. The lowest BCUT2D eigenvalue weighted by Crippen LogP contribution is -2.51. The van der Waals surface area contributed by atoms with Crippen LogP contribution in [0.25, 0.3) is 0 Å². The van der Waals surface area contributed by atoms with Crippen molar-refractivity contribution >= 4 is 0 Å². The van der Waals surface area contributed by atoms with Crippen LogP contribution in [0.5, 0.6) is 0 Å². The van der Waals surface area contributed by atoms with E-state index in [0.29, 0.717) is 30.0 Å². The molecule has 2 aliphatic rings. The number of nitrogens with zero attached hydrogens (tertiary/aromatic N) is 1. The molecule has 3 nitrogen and oxygen atoms in total. The highest BCUT2D eigenvalue weighted by molar-refractivity contribution is 4.88. The molecule has 4 unspecified atom stereocenters. The van der Waals surface area contributed by atoms with Gasteiger partial charge in [0.15, 0.2) is 0 Å². The molecule has 2 fully saturated rings. The van der Waals surface area contributed by atoms with Crippen LogP contribution in [0.3, 0.4) is 0 Å². The van der Waals surface area contributed by atoms with Crippen molar-refractivity contribution in [2.45, 2.75) is 70.6 Å². The first-order valence-electron chi connectivity index (χ1n) is 8.17. The summed E-state index contributed by atoms with van der Waals surface area (Å²) in [7, 11) is 2.33. The van der Waals surface area contributed by atoms with Gasteiger partial charge >= 0.3 is 0 Å². The van der Waals surface area contributed by atoms with Gasteiger partial charge in [0, 0.05) is 18.7 Å².